The normalized spacial score (nSPS) is 23.3. The summed E-state index contributed by atoms with van der Waals surface area (Å²) >= 11 is 0. The molecule has 21 heavy (non-hydrogen) atoms. The zero-order valence-corrected chi connectivity index (χ0v) is 13.2. The number of esters is 2. The van der Waals surface area contributed by atoms with Crippen molar-refractivity contribution >= 4 is 11.9 Å². The Bertz CT molecular complexity index is 555. The number of benzene rings is 1. The molecule has 0 radical (unpaired) electrons. The van der Waals surface area contributed by atoms with Crippen LogP contribution in [0.25, 0.3) is 0 Å². The first-order valence-corrected chi connectivity index (χ1v) is 7.09. The molecule has 1 unspecified atom stereocenters. The van der Waals surface area contributed by atoms with Crippen LogP contribution in [0.4, 0.5) is 0 Å². The lowest BCUT2D eigenvalue weighted by Crippen LogP contribution is -2.50. The maximum absolute atomic E-state index is 12.3. The quantitative estimate of drug-likeness (QED) is 0.784. The molecule has 0 saturated carbocycles. The molecule has 1 atom stereocenters. The number of rotatable bonds is 2. The van der Waals surface area contributed by atoms with Gasteiger partial charge in [-0.3, -0.25) is 4.79 Å². The van der Waals surface area contributed by atoms with Gasteiger partial charge in [0.15, 0.2) is 0 Å². The predicted molar refractivity (Wildman–Crippen MR) is 79.1 cm³/mol. The predicted octanol–water partition coefficient (Wildman–Crippen LogP) is 3.31. The summed E-state index contributed by atoms with van der Waals surface area (Å²) in [6, 6.07) is 6.96. The summed E-state index contributed by atoms with van der Waals surface area (Å²) in [5, 5.41) is 0. The van der Waals surface area contributed by atoms with Crippen LogP contribution in [0.2, 0.25) is 0 Å². The fraction of sp³-hybridized carbons (Fsp3) is 0.529. The summed E-state index contributed by atoms with van der Waals surface area (Å²) < 4.78 is 10.3. The van der Waals surface area contributed by atoms with Gasteiger partial charge in [-0.15, -0.1) is 0 Å². The van der Waals surface area contributed by atoms with E-state index in [-0.39, 0.29) is 23.3 Å². The molecule has 0 amide bonds. The van der Waals surface area contributed by atoms with Crippen LogP contribution in [0, 0.1) is 5.41 Å². The summed E-state index contributed by atoms with van der Waals surface area (Å²) in [5.74, 6) is -0.876. The summed E-state index contributed by atoms with van der Waals surface area (Å²) in [6.45, 7) is 8.10. The maximum Gasteiger partial charge on any atom is 0.337 e. The third-order valence-electron chi connectivity index (χ3n) is 4.72. The zero-order valence-electron chi connectivity index (χ0n) is 13.2. The number of hydrogen-bond acceptors (Lipinski definition) is 4. The third kappa shape index (κ3) is 2.80. The van der Waals surface area contributed by atoms with Gasteiger partial charge in [0.2, 0.25) is 0 Å². The highest BCUT2D eigenvalue weighted by Gasteiger charge is 2.48. The number of methoxy groups -OCH3 is 1. The Labute approximate surface area is 125 Å². The van der Waals surface area contributed by atoms with E-state index in [9.17, 15) is 9.59 Å². The van der Waals surface area contributed by atoms with Crippen molar-refractivity contribution in [2.45, 2.75) is 45.6 Å². The number of cyclic esters (lactones) is 1. The summed E-state index contributed by atoms with van der Waals surface area (Å²) in [6.07, 6.45) is 0.719. The number of hydrogen-bond donors (Lipinski definition) is 0. The highest BCUT2D eigenvalue weighted by Crippen LogP contribution is 2.47. The highest BCUT2D eigenvalue weighted by atomic mass is 16.6. The minimum Gasteiger partial charge on any atom is -0.465 e. The lowest BCUT2D eigenvalue weighted by Gasteiger charge is -2.47. The van der Waals surface area contributed by atoms with E-state index in [0.717, 1.165) is 12.0 Å². The van der Waals surface area contributed by atoms with E-state index in [0.29, 0.717) is 5.56 Å². The van der Waals surface area contributed by atoms with E-state index >= 15 is 0 Å². The minimum absolute atomic E-state index is 0.118. The Morgan fingerprint density at radius 2 is 1.76 bits per heavy atom. The molecule has 1 aromatic carbocycles. The van der Waals surface area contributed by atoms with Gasteiger partial charge in [-0.1, -0.05) is 26.0 Å². The average Bonchev–Trinajstić information content (AvgIpc) is 2.42. The van der Waals surface area contributed by atoms with Gasteiger partial charge in [0, 0.05) is 5.41 Å². The van der Waals surface area contributed by atoms with Crippen molar-refractivity contribution < 1.29 is 19.1 Å². The number of carbonyl (C=O) groups is 2. The average molecular weight is 290 g/mol. The van der Waals surface area contributed by atoms with Crippen LogP contribution < -0.4 is 0 Å². The molecule has 1 aliphatic heterocycles. The number of carbonyl (C=O) groups excluding carboxylic acids is 2. The monoisotopic (exact) mass is 290 g/mol. The second-order valence-electron chi connectivity index (χ2n) is 6.69. The molecule has 4 nitrogen and oxygen atoms in total. The molecule has 1 fully saturated rings. The van der Waals surface area contributed by atoms with E-state index in [1.807, 2.05) is 13.8 Å². The first kappa shape index (κ1) is 15.5. The topological polar surface area (TPSA) is 52.6 Å². The first-order chi connectivity index (χ1) is 9.68. The molecule has 114 valence electrons. The van der Waals surface area contributed by atoms with Crippen molar-refractivity contribution in [3.8, 4) is 0 Å². The molecule has 1 aromatic rings. The zero-order chi connectivity index (χ0) is 15.8. The molecule has 0 aromatic heterocycles. The van der Waals surface area contributed by atoms with Crippen molar-refractivity contribution in [3.05, 3.63) is 35.4 Å². The Kier molecular flexibility index (Phi) is 3.83. The smallest absolute Gasteiger partial charge is 0.337 e. The van der Waals surface area contributed by atoms with Crippen LogP contribution in [0.5, 0.6) is 0 Å². The van der Waals surface area contributed by atoms with Crippen molar-refractivity contribution in [3.63, 3.8) is 0 Å². The lowest BCUT2D eigenvalue weighted by molar-refractivity contribution is -0.184. The molecule has 0 bridgehead atoms. The van der Waals surface area contributed by atoms with Gasteiger partial charge in [-0.05, 0) is 38.0 Å². The molecule has 4 heteroatoms. The standard InChI is InChI=1S/C17H22O4/c1-16(2)10-13(15(19)21-17(16,3)4)11-6-8-12(9-7-11)14(18)20-5/h6-9,13H,10H2,1-5H3. The van der Waals surface area contributed by atoms with Crippen molar-refractivity contribution in [2.75, 3.05) is 7.11 Å². The SMILES string of the molecule is COC(=O)c1ccc(C2CC(C)(C)C(C)(C)OC2=O)cc1. The molecule has 1 aliphatic rings. The second kappa shape index (κ2) is 5.17. The van der Waals surface area contributed by atoms with E-state index in [4.69, 9.17) is 4.74 Å². The van der Waals surface area contributed by atoms with E-state index in [2.05, 4.69) is 18.6 Å². The summed E-state index contributed by atoms with van der Waals surface area (Å²) in [4.78, 5) is 23.7. The van der Waals surface area contributed by atoms with Crippen LogP contribution in [0.15, 0.2) is 24.3 Å². The van der Waals surface area contributed by atoms with Gasteiger partial charge in [-0.25, -0.2) is 4.79 Å². The molecular formula is C17H22O4. The molecule has 1 heterocycles. The first-order valence-electron chi connectivity index (χ1n) is 7.09. The lowest BCUT2D eigenvalue weighted by atomic mass is 9.68. The van der Waals surface area contributed by atoms with Gasteiger partial charge in [0.05, 0.1) is 18.6 Å². The Balaban J connectivity index is 2.26. The second-order valence-corrected chi connectivity index (χ2v) is 6.69. The third-order valence-corrected chi connectivity index (χ3v) is 4.72. The van der Waals surface area contributed by atoms with Gasteiger partial charge in [-0.2, -0.15) is 0 Å². The van der Waals surface area contributed by atoms with Crippen LogP contribution in [0.3, 0.4) is 0 Å². The molecular weight excluding hydrogens is 268 g/mol. The molecule has 1 saturated heterocycles. The summed E-state index contributed by atoms with van der Waals surface area (Å²) in [7, 11) is 1.35. The van der Waals surface area contributed by atoms with Crippen molar-refractivity contribution in [1.82, 2.24) is 0 Å². The Morgan fingerprint density at radius 3 is 2.29 bits per heavy atom. The van der Waals surface area contributed by atoms with E-state index in [1.165, 1.54) is 7.11 Å². The highest BCUT2D eigenvalue weighted by molar-refractivity contribution is 5.89. The summed E-state index contributed by atoms with van der Waals surface area (Å²) in [5.41, 5.74) is 0.750. The van der Waals surface area contributed by atoms with E-state index < -0.39 is 5.60 Å². The Hall–Kier alpha value is -1.84. The number of ether oxygens (including phenoxy) is 2. The van der Waals surface area contributed by atoms with Gasteiger partial charge in [0.25, 0.3) is 0 Å². The molecule has 0 spiro atoms. The van der Waals surface area contributed by atoms with Gasteiger partial charge in [0.1, 0.15) is 5.60 Å². The van der Waals surface area contributed by atoms with Crippen molar-refractivity contribution in [1.29, 1.82) is 0 Å². The van der Waals surface area contributed by atoms with Gasteiger partial charge >= 0.3 is 11.9 Å². The fourth-order valence-electron chi connectivity index (χ4n) is 2.52. The van der Waals surface area contributed by atoms with E-state index in [1.54, 1.807) is 24.3 Å². The molecule has 2 rings (SSSR count). The molecule has 0 aliphatic carbocycles. The largest absolute Gasteiger partial charge is 0.465 e. The van der Waals surface area contributed by atoms with Crippen LogP contribution in [0.1, 0.15) is 56.0 Å². The van der Waals surface area contributed by atoms with Crippen LogP contribution in [-0.4, -0.2) is 24.6 Å². The minimum atomic E-state index is -0.480. The fourth-order valence-corrected chi connectivity index (χ4v) is 2.52. The molecule has 0 N–H and O–H groups in total. The Morgan fingerprint density at radius 1 is 1.19 bits per heavy atom. The maximum atomic E-state index is 12.3. The van der Waals surface area contributed by atoms with Crippen LogP contribution in [-0.2, 0) is 14.3 Å². The van der Waals surface area contributed by atoms with Crippen molar-refractivity contribution in [2.24, 2.45) is 5.41 Å². The van der Waals surface area contributed by atoms with Crippen LogP contribution >= 0.6 is 0 Å². The van der Waals surface area contributed by atoms with Gasteiger partial charge < -0.3 is 9.47 Å².